The minimum atomic E-state index is -0.106. The Kier molecular flexibility index (Phi) is 4.93. The Bertz CT molecular complexity index is 903. The van der Waals surface area contributed by atoms with Gasteiger partial charge < -0.3 is 10.1 Å². The Balaban J connectivity index is 2.01. The zero-order chi connectivity index (χ0) is 17.3. The standard InChI is InChI=1S/C15H13Br2N5O2/c1-8-11(14(24)9-3-2-4-10(16)7-9)12(17)13(18-8)15-19-21-22(20-15)5-6-23/h2-4,7,18,23H,5-6H2,1H3. The second-order valence-corrected chi connectivity index (χ2v) is 6.79. The normalized spacial score (nSPS) is 11.0. The van der Waals surface area contributed by atoms with E-state index < -0.39 is 0 Å². The fourth-order valence-corrected chi connectivity index (χ4v) is 3.47. The Hall–Kier alpha value is -1.84. The minimum absolute atomic E-state index is 0.0760. The summed E-state index contributed by atoms with van der Waals surface area (Å²) in [4.78, 5) is 17.3. The molecule has 2 heterocycles. The van der Waals surface area contributed by atoms with Crippen molar-refractivity contribution in [1.29, 1.82) is 0 Å². The molecule has 3 aromatic rings. The van der Waals surface area contributed by atoms with Gasteiger partial charge in [0.15, 0.2) is 5.78 Å². The van der Waals surface area contributed by atoms with E-state index in [-0.39, 0.29) is 18.9 Å². The van der Waals surface area contributed by atoms with Gasteiger partial charge in [0.1, 0.15) is 5.69 Å². The van der Waals surface area contributed by atoms with E-state index in [0.717, 1.165) is 4.47 Å². The number of halogens is 2. The van der Waals surface area contributed by atoms with Crippen molar-refractivity contribution in [3.63, 3.8) is 0 Å². The highest BCUT2D eigenvalue weighted by Crippen LogP contribution is 2.32. The van der Waals surface area contributed by atoms with E-state index >= 15 is 0 Å². The Morgan fingerprint density at radius 1 is 1.38 bits per heavy atom. The number of rotatable bonds is 5. The third kappa shape index (κ3) is 3.19. The molecule has 2 aromatic heterocycles. The lowest BCUT2D eigenvalue weighted by molar-refractivity contribution is 0.103. The SMILES string of the molecule is Cc1[nH]c(-c2nnn(CCO)n2)c(Br)c1C(=O)c1cccc(Br)c1. The summed E-state index contributed by atoms with van der Waals surface area (Å²) in [6.45, 7) is 2.00. The van der Waals surface area contributed by atoms with E-state index in [2.05, 4.69) is 52.3 Å². The lowest BCUT2D eigenvalue weighted by atomic mass is 10.0. The van der Waals surface area contributed by atoms with Crippen molar-refractivity contribution in [2.75, 3.05) is 6.61 Å². The fraction of sp³-hybridized carbons (Fsp3) is 0.200. The van der Waals surface area contributed by atoms with Crippen LogP contribution in [0.25, 0.3) is 11.5 Å². The van der Waals surface area contributed by atoms with Crippen molar-refractivity contribution in [2.45, 2.75) is 13.5 Å². The third-order valence-electron chi connectivity index (χ3n) is 3.42. The fourth-order valence-electron chi connectivity index (χ4n) is 2.32. The highest BCUT2D eigenvalue weighted by Gasteiger charge is 2.23. The van der Waals surface area contributed by atoms with Gasteiger partial charge in [0, 0.05) is 15.7 Å². The van der Waals surface area contributed by atoms with Crippen molar-refractivity contribution in [3.05, 3.63) is 50.0 Å². The maximum atomic E-state index is 12.8. The molecule has 124 valence electrons. The number of carbonyl (C=O) groups is 1. The van der Waals surface area contributed by atoms with Gasteiger partial charge in [0.05, 0.1) is 23.2 Å². The number of tetrazole rings is 1. The quantitative estimate of drug-likeness (QED) is 0.577. The van der Waals surface area contributed by atoms with Gasteiger partial charge in [0.2, 0.25) is 5.82 Å². The number of H-pyrrole nitrogens is 1. The predicted molar refractivity (Wildman–Crippen MR) is 94.7 cm³/mol. The molecule has 0 fully saturated rings. The van der Waals surface area contributed by atoms with E-state index in [0.29, 0.717) is 32.8 Å². The van der Waals surface area contributed by atoms with Crippen LogP contribution in [0.4, 0.5) is 0 Å². The van der Waals surface area contributed by atoms with Crippen LogP contribution in [0.15, 0.2) is 33.2 Å². The topological polar surface area (TPSA) is 96.7 Å². The number of benzene rings is 1. The van der Waals surface area contributed by atoms with Gasteiger partial charge in [-0.05, 0) is 40.2 Å². The first-order chi connectivity index (χ1) is 11.5. The second-order valence-electron chi connectivity index (χ2n) is 5.09. The number of nitrogens with one attached hydrogen (secondary N) is 1. The Morgan fingerprint density at radius 3 is 2.88 bits per heavy atom. The second kappa shape index (κ2) is 6.96. The highest BCUT2D eigenvalue weighted by molar-refractivity contribution is 9.11. The molecule has 0 bridgehead atoms. The van der Waals surface area contributed by atoms with Gasteiger partial charge >= 0.3 is 0 Å². The van der Waals surface area contributed by atoms with Crippen molar-refractivity contribution in [1.82, 2.24) is 25.2 Å². The summed E-state index contributed by atoms with van der Waals surface area (Å²) >= 11 is 6.85. The predicted octanol–water partition coefficient (Wildman–Crippen LogP) is 2.72. The molecule has 7 nitrogen and oxygen atoms in total. The van der Waals surface area contributed by atoms with E-state index in [1.54, 1.807) is 12.1 Å². The molecule has 0 saturated heterocycles. The van der Waals surface area contributed by atoms with Gasteiger partial charge in [-0.15, -0.1) is 10.2 Å². The average molecular weight is 455 g/mol. The van der Waals surface area contributed by atoms with Gasteiger partial charge in [-0.3, -0.25) is 4.79 Å². The van der Waals surface area contributed by atoms with Crippen LogP contribution < -0.4 is 0 Å². The monoisotopic (exact) mass is 453 g/mol. The van der Waals surface area contributed by atoms with Crippen LogP contribution in [0, 0.1) is 6.92 Å². The van der Waals surface area contributed by atoms with Crippen LogP contribution in [0.3, 0.4) is 0 Å². The van der Waals surface area contributed by atoms with Crippen LogP contribution in [-0.4, -0.2) is 42.7 Å². The molecular weight excluding hydrogens is 442 g/mol. The Labute approximate surface area is 154 Å². The summed E-state index contributed by atoms with van der Waals surface area (Å²) in [7, 11) is 0. The van der Waals surface area contributed by atoms with Gasteiger partial charge in [-0.1, -0.05) is 28.1 Å². The molecule has 0 atom stereocenters. The molecule has 0 aliphatic heterocycles. The summed E-state index contributed by atoms with van der Waals surface area (Å²) in [5, 5.41) is 20.9. The smallest absolute Gasteiger partial charge is 0.222 e. The van der Waals surface area contributed by atoms with Crippen LogP contribution >= 0.6 is 31.9 Å². The number of aliphatic hydroxyl groups is 1. The van der Waals surface area contributed by atoms with E-state index in [1.807, 2.05) is 19.1 Å². The number of aromatic amines is 1. The summed E-state index contributed by atoms with van der Waals surface area (Å²) in [5.74, 6) is 0.248. The number of aromatic nitrogens is 5. The van der Waals surface area contributed by atoms with E-state index in [4.69, 9.17) is 5.11 Å². The molecule has 1 aromatic carbocycles. The highest BCUT2D eigenvalue weighted by atomic mass is 79.9. The molecule has 9 heteroatoms. The van der Waals surface area contributed by atoms with Crippen LogP contribution in [-0.2, 0) is 6.54 Å². The first-order valence-electron chi connectivity index (χ1n) is 7.08. The maximum Gasteiger partial charge on any atom is 0.222 e. The Morgan fingerprint density at radius 2 is 2.17 bits per heavy atom. The van der Waals surface area contributed by atoms with Crippen LogP contribution in [0.1, 0.15) is 21.6 Å². The van der Waals surface area contributed by atoms with Crippen molar-refractivity contribution >= 4 is 37.6 Å². The average Bonchev–Trinajstić information content (AvgIpc) is 3.12. The largest absolute Gasteiger partial charge is 0.394 e. The summed E-state index contributed by atoms with van der Waals surface area (Å²) in [5.41, 5.74) is 2.40. The number of hydrogen-bond donors (Lipinski definition) is 2. The van der Waals surface area contributed by atoms with Gasteiger partial charge in [0.25, 0.3) is 0 Å². The molecule has 0 spiro atoms. The molecule has 0 aliphatic carbocycles. The van der Waals surface area contributed by atoms with Gasteiger partial charge in [-0.2, -0.15) is 4.80 Å². The summed E-state index contributed by atoms with van der Waals surface area (Å²) < 4.78 is 1.43. The number of carbonyl (C=O) groups excluding carboxylic acids is 1. The number of aliphatic hydroxyl groups excluding tert-OH is 1. The zero-order valence-corrected chi connectivity index (χ0v) is 15.8. The van der Waals surface area contributed by atoms with Crippen molar-refractivity contribution < 1.29 is 9.90 Å². The zero-order valence-electron chi connectivity index (χ0n) is 12.6. The van der Waals surface area contributed by atoms with Crippen LogP contribution in [0.5, 0.6) is 0 Å². The first-order valence-corrected chi connectivity index (χ1v) is 8.67. The maximum absolute atomic E-state index is 12.8. The first kappa shape index (κ1) is 17.0. The molecule has 0 amide bonds. The molecule has 3 rings (SSSR count). The number of hydrogen-bond acceptors (Lipinski definition) is 5. The molecule has 0 radical (unpaired) electrons. The third-order valence-corrected chi connectivity index (χ3v) is 4.70. The summed E-state index contributed by atoms with van der Waals surface area (Å²) in [6.07, 6.45) is 0. The number of ketones is 1. The molecule has 0 aliphatic rings. The van der Waals surface area contributed by atoms with Crippen molar-refractivity contribution in [3.8, 4) is 11.5 Å². The van der Waals surface area contributed by atoms with Crippen molar-refractivity contribution in [2.24, 2.45) is 0 Å². The molecular formula is C15H13Br2N5O2. The molecule has 0 unspecified atom stereocenters. The summed E-state index contributed by atoms with van der Waals surface area (Å²) in [6, 6.07) is 7.22. The van der Waals surface area contributed by atoms with E-state index in [9.17, 15) is 4.79 Å². The minimum Gasteiger partial charge on any atom is -0.394 e. The number of nitrogens with zero attached hydrogens (tertiary/aromatic N) is 4. The van der Waals surface area contributed by atoms with Gasteiger partial charge in [-0.25, -0.2) is 0 Å². The van der Waals surface area contributed by atoms with Crippen LogP contribution in [0.2, 0.25) is 0 Å². The molecule has 2 N–H and O–H groups in total. The van der Waals surface area contributed by atoms with E-state index in [1.165, 1.54) is 4.80 Å². The lowest BCUT2D eigenvalue weighted by Gasteiger charge is -2.02. The number of aryl methyl sites for hydroxylation is 1. The molecule has 24 heavy (non-hydrogen) atoms. The lowest BCUT2D eigenvalue weighted by Crippen LogP contribution is -2.05. The molecule has 0 saturated carbocycles.